The van der Waals surface area contributed by atoms with Crippen LogP contribution in [0.15, 0.2) is 47.6 Å². The lowest BCUT2D eigenvalue weighted by Crippen LogP contribution is -2.34. The second-order valence-corrected chi connectivity index (χ2v) is 7.91. The summed E-state index contributed by atoms with van der Waals surface area (Å²) in [5.74, 6) is -1.19. The van der Waals surface area contributed by atoms with E-state index in [4.69, 9.17) is 5.11 Å². The Bertz CT molecular complexity index is 890. The van der Waals surface area contributed by atoms with E-state index in [1.165, 1.54) is 16.6 Å². The van der Waals surface area contributed by atoms with Crippen LogP contribution in [0, 0.1) is 0 Å². The molecule has 0 fully saturated rings. The van der Waals surface area contributed by atoms with Gasteiger partial charge in [0.05, 0.1) is 11.3 Å². The number of sulfonamides is 1. The number of nitrogens with zero attached hydrogens (tertiary/aromatic N) is 2. The van der Waals surface area contributed by atoms with Crippen LogP contribution < -0.4 is 4.31 Å². The second kappa shape index (κ2) is 5.06. The standard InChI is InChI=1S/C16H16N2O4S/c1-16(2)10-18(13-6-4-3-5-12(13)16)23(21,22)14-9-11(15(19)20)7-8-17-14/h3-9H,10H2,1-2H3,(H,19,20). The van der Waals surface area contributed by atoms with Crippen molar-refractivity contribution in [1.82, 2.24) is 4.98 Å². The highest BCUT2D eigenvalue weighted by molar-refractivity contribution is 7.92. The second-order valence-electron chi connectivity index (χ2n) is 6.10. The fraction of sp³-hybridized carbons (Fsp3) is 0.250. The fourth-order valence-electron chi connectivity index (χ4n) is 2.80. The zero-order valence-corrected chi connectivity index (χ0v) is 13.5. The van der Waals surface area contributed by atoms with E-state index in [1.807, 2.05) is 26.0 Å². The molecule has 0 radical (unpaired) electrons. The molecule has 0 amide bonds. The highest BCUT2D eigenvalue weighted by Crippen LogP contribution is 2.42. The zero-order chi connectivity index (χ0) is 16.8. The molecule has 6 nitrogen and oxygen atoms in total. The van der Waals surface area contributed by atoms with Crippen molar-refractivity contribution in [3.63, 3.8) is 0 Å². The van der Waals surface area contributed by atoms with Gasteiger partial charge in [0.15, 0.2) is 5.03 Å². The smallest absolute Gasteiger partial charge is 0.335 e. The first-order valence-corrected chi connectivity index (χ1v) is 8.49. The van der Waals surface area contributed by atoms with Crippen LogP contribution in [-0.4, -0.2) is 31.0 Å². The molecule has 0 saturated carbocycles. The third kappa shape index (κ3) is 2.46. The van der Waals surface area contributed by atoms with Crippen LogP contribution >= 0.6 is 0 Å². The highest BCUT2D eigenvalue weighted by Gasteiger charge is 2.41. The zero-order valence-electron chi connectivity index (χ0n) is 12.7. The molecule has 0 saturated heterocycles. The van der Waals surface area contributed by atoms with E-state index in [9.17, 15) is 13.2 Å². The minimum Gasteiger partial charge on any atom is -0.478 e. The average Bonchev–Trinajstić information content (AvgIpc) is 2.80. The predicted molar refractivity (Wildman–Crippen MR) is 85.2 cm³/mol. The van der Waals surface area contributed by atoms with Crippen molar-refractivity contribution in [3.8, 4) is 0 Å². The van der Waals surface area contributed by atoms with E-state index < -0.39 is 16.0 Å². The average molecular weight is 332 g/mol. The van der Waals surface area contributed by atoms with Gasteiger partial charge in [-0.25, -0.2) is 9.78 Å². The molecular formula is C16H16N2O4S. The van der Waals surface area contributed by atoms with Gasteiger partial charge >= 0.3 is 5.97 Å². The van der Waals surface area contributed by atoms with Crippen LogP contribution in [-0.2, 0) is 15.4 Å². The van der Waals surface area contributed by atoms with Gasteiger partial charge in [-0.1, -0.05) is 32.0 Å². The number of hydrogen-bond acceptors (Lipinski definition) is 4. The molecule has 120 valence electrons. The van der Waals surface area contributed by atoms with Crippen molar-refractivity contribution < 1.29 is 18.3 Å². The number of aromatic carboxylic acids is 1. The molecule has 7 heteroatoms. The van der Waals surface area contributed by atoms with Gasteiger partial charge < -0.3 is 5.11 Å². The Kier molecular flexibility index (Phi) is 3.40. The van der Waals surface area contributed by atoms with Crippen LogP contribution in [0.1, 0.15) is 29.8 Å². The normalized spacial score (nSPS) is 16.2. The van der Waals surface area contributed by atoms with Gasteiger partial charge in [-0.05, 0) is 23.8 Å². The summed E-state index contributed by atoms with van der Waals surface area (Å²) in [5, 5.41) is 8.79. The van der Waals surface area contributed by atoms with Crippen molar-refractivity contribution in [2.75, 3.05) is 10.8 Å². The minimum atomic E-state index is -3.92. The summed E-state index contributed by atoms with van der Waals surface area (Å²) in [7, 11) is -3.92. The molecule has 0 bridgehead atoms. The number of fused-ring (bicyclic) bond motifs is 1. The maximum Gasteiger partial charge on any atom is 0.335 e. The Morgan fingerprint density at radius 1 is 1.26 bits per heavy atom. The summed E-state index contributed by atoms with van der Waals surface area (Å²) in [4.78, 5) is 14.9. The number of hydrogen-bond donors (Lipinski definition) is 1. The number of benzene rings is 1. The number of rotatable bonds is 3. The largest absolute Gasteiger partial charge is 0.478 e. The molecule has 1 aliphatic rings. The van der Waals surface area contributed by atoms with Crippen molar-refractivity contribution in [1.29, 1.82) is 0 Å². The van der Waals surface area contributed by atoms with E-state index in [0.717, 1.165) is 11.6 Å². The first kappa shape index (κ1) is 15.5. The summed E-state index contributed by atoms with van der Waals surface area (Å²) < 4.78 is 27.2. The molecule has 0 unspecified atom stereocenters. The lowest BCUT2D eigenvalue weighted by atomic mass is 9.87. The van der Waals surface area contributed by atoms with Crippen molar-refractivity contribution in [2.24, 2.45) is 0 Å². The molecule has 1 aromatic carbocycles. The Morgan fingerprint density at radius 3 is 2.65 bits per heavy atom. The minimum absolute atomic E-state index is 0.106. The van der Waals surface area contributed by atoms with Gasteiger partial charge in [0.1, 0.15) is 0 Å². The van der Waals surface area contributed by atoms with Crippen LogP contribution in [0.3, 0.4) is 0 Å². The monoisotopic (exact) mass is 332 g/mol. The molecule has 2 aromatic rings. The number of para-hydroxylation sites is 1. The molecule has 3 rings (SSSR count). The number of pyridine rings is 1. The molecule has 1 aliphatic heterocycles. The summed E-state index contributed by atoms with van der Waals surface area (Å²) in [6, 6.07) is 9.67. The maximum atomic E-state index is 12.9. The fourth-order valence-corrected chi connectivity index (χ4v) is 4.41. The number of carbonyl (C=O) groups is 1. The third-order valence-electron chi connectivity index (χ3n) is 3.98. The van der Waals surface area contributed by atoms with Gasteiger partial charge in [0, 0.05) is 18.2 Å². The van der Waals surface area contributed by atoms with Crippen LogP contribution in [0.2, 0.25) is 0 Å². The molecule has 0 atom stereocenters. The molecule has 1 N–H and O–H groups in total. The molecule has 0 spiro atoms. The summed E-state index contributed by atoms with van der Waals surface area (Å²) in [5.41, 5.74) is 1.12. The number of carboxylic acid groups (broad SMARTS) is 1. The molecule has 0 aliphatic carbocycles. The summed E-state index contributed by atoms with van der Waals surface area (Å²) in [6.07, 6.45) is 1.20. The highest BCUT2D eigenvalue weighted by atomic mass is 32.2. The van der Waals surface area contributed by atoms with E-state index in [0.29, 0.717) is 5.69 Å². The number of carboxylic acids is 1. The Morgan fingerprint density at radius 2 is 1.96 bits per heavy atom. The quantitative estimate of drug-likeness (QED) is 0.931. The lowest BCUT2D eigenvalue weighted by molar-refractivity contribution is 0.0696. The third-order valence-corrected chi connectivity index (χ3v) is 5.63. The summed E-state index contributed by atoms with van der Waals surface area (Å²) >= 11 is 0. The maximum absolute atomic E-state index is 12.9. The topological polar surface area (TPSA) is 87.6 Å². The molecule has 1 aromatic heterocycles. The van der Waals surface area contributed by atoms with Crippen LogP contribution in [0.4, 0.5) is 5.69 Å². The van der Waals surface area contributed by atoms with Gasteiger partial charge in [0.2, 0.25) is 0 Å². The molecule has 23 heavy (non-hydrogen) atoms. The Hall–Kier alpha value is -2.41. The Balaban J connectivity index is 2.12. The van der Waals surface area contributed by atoms with E-state index >= 15 is 0 Å². The van der Waals surface area contributed by atoms with E-state index in [-0.39, 0.29) is 22.5 Å². The van der Waals surface area contributed by atoms with Gasteiger partial charge in [0.25, 0.3) is 10.0 Å². The SMILES string of the molecule is CC1(C)CN(S(=O)(=O)c2cc(C(=O)O)ccn2)c2ccccc21. The van der Waals surface area contributed by atoms with Crippen molar-refractivity contribution in [2.45, 2.75) is 24.3 Å². The van der Waals surface area contributed by atoms with E-state index in [2.05, 4.69) is 4.98 Å². The first-order chi connectivity index (χ1) is 10.7. The van der Waals surface area contributed by atoms with Gasteiger partial charge in [-0.15, -0.1) is 0 Å². The lowest BCUT2D eigenvalue weighted by Gasteiger charge is -2.21. The van der Waals surface area contributed by atoms with Crippen molar-refractivity contribution in [3.05, 3.63) is 53.7 Å². The number of aromatic nitrogens is 1. The Labute approximate surface area is 134 Å². The summed E-state index contributed by atoms with van der Waals surface area (Å²) in [6.45, 7) is 4.23. The number of anilines is 1. The first-order valence-electron chi connectivity index (χ1n) is 7.05. The predicted octanol–water partition coefficient (Wildman–Crippen LogP) is 2.27. The van der Waals surface area contributed by atoms with Crippen molar-refractivity contribution >= 4 is 21.7 Å². The van der Waals surface area contributed by atoms with E-state index in [1.54, 1.807) is 12.1 Å². The van der Waals surface area contributed by atoms with Gasteiger partial charge in [-0.2, -0.15) is 8.42 Å². The molecular weight excluding hydrogens is 316 g/mol. The van der Waals surface area contributed by atoms with Crippen LogP contribution in [0.5, 0.6) is 0 Å². The van der Waals surface area contributed by atoms with Crippen LogP contribution in [0.25, 0.3) is 0 Å². The van der Waals surface area contributed by atoms with Gasteiger partial charge in [-0.3, -0.25) is 4.31 Å². The molecule has 2 heterocycles.